The second-order valence-corrected chi connectivity index (χ2v) is 7.85. The van der Waals surface area contributed by atoms with Crippen LogP contribution in [0.15, 0.2) is 70.1 Å². The van der Waals surface area contributed by atoms with Crippen molar-refractivity contribution in [3.05, 3.63) is 82.2 Å². The van der Waals surface area contributed by atoms with E-state index >= 15 is 0 Å². The molecule has 5 rings (SSSR count). The lowest BCUT2D eigenvalue weighted by Gasteiger charge is -2.20. The van der Waals surface area contributed by atoms with E-state index in [1.165, 1.54) is 37.6 Å². The number of phenolic OH excluding ortho intramolecular Hbond substituents is 2. The summed E-state index contributed by atoms with van der Waals surface area (Å²) in [6.45, 7) is 0.0921. The van der Waals surface area contributed by atoms with Crippen molar-refractivity contribution >= 4 is 16.9 Å². The molecule has 1 atom stereocenters. The number of benzene rings is 3. The molecule has 0 fully saturated rings. The Balaban J connectivity index is 1.70. The summed E-state index contributed by atoms with van der Waals surface area (Å²) in [7, 11) is 1.28. The number of carbonyl (C=O) groups is 1. The zero-order valence-corrected chi connectivity index (χ0v) is 18.1. The average molecular weight is 460 g/mol. The minimum Gasteiger partial charge on any atom is -0.508 e. The molecule has 8 nitrogen and oxygen atoms in total. The van der Waals surface area contributed by atoms with Crippen LogP contribution in [0.25, 0.3) is 22.1 Å². The molecule has 1 aromatic heterocycles. The van der Waals surface area contributed by atoms with Gasteiger partial charge in [0.1, 0.15) is 23.3 Å². The Kier molecular flexibility index (Phi) is 5.33. The molecule has 2 N–H and O–H groups in total. The summed E-state index contributed by atoms with van der Waals surface area (Å²) >= 11 is 0. The molecule has 0 spiro atoms. The largest absolute Gasteiger partial charge is 0.508 e. The number of fused-ring (bicyclic) bond motifs is 2. The number of aromatic hydroxyl groups is 2. The highest BCUT2D eigenvalue weighted by Crippen LogP contribution is 2.42. The molecule has 0 bridgehead atoms. The average Bonchev–Trinajstić information content (AvgIpc) is 3.32. The van der Waals surface area contributed by atoms with E-state index in [0.717, 1.165) is 0 Å². The SMILES string of the molecule is COC(=O)C[C@@H](c1ccc2c(c1)OCO2)c1c(O)ccc2c(=O)c(-c3ccc(O)cc3)coc12. The maximum Gasteiger partial charge on any atom is 0.306 e. The third-order valence-electron chi connectivity index (χ3n) is 5.88. The van der Waals surface area contributed by atoms with Crippen LogP contribution >= 0.6 is 0 Å². The zero-order chi connectivity index (χ0) is 23.8. The molecule has 1 aliphatic rings. The van der Waals surface area contributed by atoms with Crippen molar-refractivity contribution in [1.29, 1.82) is 0 Å². The van der Waals surface area contributed by atoms with Crippen LogP contribution in [0, 0.1) is 0 Å². The Morgan fingerprint density at radius 3 is 2.56 bits per heavy atom. The van der Waals surface area contributed by atoms with Crippen LogP contribution in [0.1, 0.15) is 23.5 Å². The number of hydrogen-bond acceptors (Lipinski definition) is 8. The molecule has 0 unspecified atom stereocenters. The molecule has 3 aromatic carbocycles. The first-order valence-corrected chi connectivity index (χ1v) is 10.5. The van der Waals surface area contributed by atoms with E-state index in [4.69, 9.17) is 18.6 Å². The van der Waals surface area contributed by atoms with E-state index in [0.29, 0.717) is 28.2 Å². The van der Waals surface area contributed by atoms with Gasteiger partial charge >= 0.3 is 5.97 Å². The predicted molar refractivity (Wildman–Crippen MR) is 122 cm³/mol. The Labute approximate surface area is 193 Å². The van der Waals surface area contributed by atoms with Gasteiger partial charge in [-0.05, 0) is 47.5 Å². The van der Waals surface area contributed by atoms with Gasteiger partial charge in [0.15, 0.2) is 11.5 Å². The van der Waals surface area contributed by atoms with Gasteiger partial charge in [-0.2, -0.15) is 0 Å². The second-order valence-electron chi connectivity index (χ2n) is 7.85. The maximum absolute atomic E-state index is 13.3. The lowest BCUT2D eigenvalue weighted by Crippen LogP contribution is -2.12. The molecule has 0 saturated heterocycles. The Morgan fingerprint density at radius 2 is 1.79 bits per heavy atom. The van der Waals surface area contributed by atoms with Crippen LogP contribution in [0.3, 0.4) is 0 Å². The number of rotatable bonds is 5. The van der Waals surface area contributed by atoms with Crippen molar-refractivity contribution in [2.75, 3.05) is 13.9 Å². The maximum atomic E-state index is 13.3. The highest BCUT2D eigenvalue weighted by atomic mass is 16.7. The quantitative estimate of drug-likeness (QED) is 0.424. The van der Waals surface area contributed by atoms with E-state index < -0.39 is 11.9 Å². The minimum absolute atomic E-state index is 0.0792. The van der Waals surface area contributed by atoms with Crippen molar-refractivity contribution in [3.63, 3.8) is 0 Å². The van der Waals surface area contributed by atoms with Gasteiger partial charge in [0.25, 0.3) is 0 Å². The van der Waals surface area contributed by atoms with Crippen molar-refractivity contribution in [3.8, 4) is 34.1 Å². The van der Waals surface area contributed by atoms with Crippen molar-refractivity contribution in [2.24, 2.45) is 0 Å². The molecule has 0 radical (unpaired) electrons. The highest BCUT2D eigenvalue weighted by molar-refractivity contribution is 5.87. The van der Waals surface area contributed by atoms with Crippen LogP contribution in [-0.4, -0.2) is 30.1 Å². The summed E-state index contributed by atoms with van der Waals surface area (Å²) in [6.07, 6.45) is 1.21. The van der Waals surface area contributed by atoms with Gasteiger partial charge in [0, 0.05) is 11.5 Å². The van der Waals surface area contributed by atoms with E-state index in [1.54, 1.807) is 30.3 Å². The monoisotopic (exact) mass is 460 g/mol. The molecule has 2 heterocycles. The summed E-state index contributed by atoms with van der Waals surface area (Å²) in [6, 6.07) is 14.3. The molecule has 0 saturated carbocycles. The fraction of sp³-hybridized carbons (Fsp3) is 0.154. The topological polar surface area (TPSA) is 115 Å². The van der Waals surface area contributed by atoms with Gasteiger partial charge in [-0.15, -0.1) is 0 Å². The van der Waals surface area contributed by atoms with Gasteiger partial charge in [-0.3, -0.25) is 9.59 Å². The fourth-order valence-corrected chi connectivity index (χ4v) is 4.15. The van der Waals surface area contributed by atoms with Crippen molar-refractivity contribution < 1.29 is 33.6 Å². The molecule has 172 valence electrons. The fourth-order valence-electron chi connectivity index (χ4n) is 4.15. The second kappa shape index (κ2) is 8.47. The van der Waals surface area contributed by atoms with Gasteiger partial charge in [-0.25, -0.2) is 0 Å². The molecule has 34 heavy (non-hydrogen) atoms. The van der Waals surface area contributed by atoms with Crippen LogP contribution in [-0.2, 0) is 9.53 Å². The molecular weight excluding hydrogens is 440 g/mol. The van der Waals surface area contributed by atoms with Crippen molar-refractivity contribution in [1.82, 2.24) is 0 Å². The molecule has 8 heteroatoms. The van der Waals surface area contributed by atoms with Gasteiger partial charge < -0.3 is 28.8 Å². The summed E-state index contributed by atoms with van der Waals surface area (Å²) in [5, 5.41) is 20.6. The first kappa shape index (κ1) is 21.4. The lowest BCUT2D eigenvalue weighted by atomic mass is 9.86. The summed E-state index contributed by atoms with van der Waals surface area (Å²) in [5.41, 5.74) is 1.68. The first-order chi connectivity index (χ1) is 16.5. The van der Waals surface area contributed by atoms with E-state index in [2.05, 4.69) is 0 Å². The Bertz CT molecular complexity index is 1450. The molecule has 0 aliphatic carbocycles. The summed E-state index contributed by atoms with van der Waals surface area (Å²) in [4.78, 5) is 25.6. The zero-order valence-electron chi connectivity index (χ0n) is 18.1. The number of phenols is 2. The number of carbonyl (C=O) groups excluding carboxylic acids is 1. The summed E-state index contributed by atoms with van der Waals surface area (Å²) in [5.74, 6) is -0.137. The number of ether oxygens (including phenoxy) is 3. The van der Waals surface area contributed by atoms with E-state index in [1.807, 2.05) is 0 Å². The molecular formula is C26H20O8. The minimum atomic E-state index is -0.687. The van der Waals surface area contributed by atoms with Crippen molar-refractivity contribution in [2.45, 2.75) is 12.3 Å². The molecule has 1 aliphatic heterocycles. The Morgan fingerprint density at radius 1 is 1.03 bits per heavy atom. The number of esters is 1. The van der Waals surface area contributed by atoms with Crippen LogP contribution in [0.2, 0.25) is 0 Å². The van der Waals surface area contributed by atoms with Crippen LogP contribution in [0.4, 0.5) is 0 Å². The first-order valence-electron chi connectivity index (χ1n) is 10.5. The smallest absolute Gasteiger partial charge is 0.306 e. The normalized spacial score (nSPS) is 13.1. The van der Waals surface area contributed by atoms with E-state index in [9.17, 15) is 19.8 Å². The third kappa shape index (κ3) is 3.69. The van der Waals surface area contributed by atoms with Gasteiger partial charge in [-0.1, -0.05) is 18.2 Å². The summed E-state index contributed by atoms with van der Waals surface area (Å²) < 4.78 is 21.6. The van der Waals surface area contributed by atoms with Gasteiger partial charge in [0.2, 0.25) is 12.2 Å². The Hall–Kier alpha value is -4.46. The number of hydrogen-bond donors (Lipinski definition) is 2. The van der Waals surface area contributed by atoms with Gasteiger partial charge in [0.05, 0.1) is 24.5 Å². The van der Waals surface area contributed by atoms with Crippen LogP contribution < -0.4 is 14.9 Å². The van der Waals surface area contributed by atoms with E-state index in [-0.39, 0.29) is 46.7 Å². The molecule has 0 amide bonds. The third-order valence-corrected chi connectivity index (χ3v) is 5.88. The lowest BCUT2D eigenvalue weighted by molar-refractivity contribution is -0.140. The highest BCUT2D eigenvalue weighted by Gasteiger charge is 2.28. The van der Waals surface area contributed by atoms with Crippen LogP contribution in [0.5, 0.6) is 23.0 Å². The standard InChI is InChI=1S/C26H20O8/c1-31-23(29)11-18(15-4-9-21-22(10-15)34-13-33-21)24-20(28)8-7-17-25(30)19(12-32-26(17)24)14-2-5-16(27)6-3-14/h2-10,12,18,27-28H,11,13H2,1H3/t18-/m0/s1. The number of methoxy groups -OCH3 is 1. The predicted octanol–water partition coefficient (Wildman–Crippen LogP) is 4.29. The molecule has 4 aromatic rings.